The summed E-state index contributed by atoms with van der Waals surface area (Å²) in [6, 6.07) is -0.950. The van der Waals surface area contributed by atoms with Gasteiger partial charge in [-0.2, -0.15) is 0 Å². The number of nitrogens with two attached hydrogens (primary N) is 1. The predicted molar refractivity (Wildman–Crippen MR) is 129 cm³/mol. The van der Waals surface area contributed by atoms with Gasteiger partial charge in [-0.3, -0.25) is 19.3 Å². The highest BCUT2D eigenvalue weighted by Crippen LogP contribution is 2.41. The molecule has 0 saturated carbocycles. The normalized spacial score (nSPS) is 19.6. The zero-order valence-corrected chi connectivity index (χ0v) is 21.3. The van der Waals surface area contributed by atoms with E-state index in [9.17, 15) is 19.2 Å². The number of thiazole rings is 1. The van der Waals surface area contributed by atoms with E-state index in [-0.39, 0.29) is 39.4 Å². The molecule has 190 valence electrons. The highest BCUT2D eigenvalue weighted by Gasteiger charge is 2.54. The third-order valence-electron chi connectivity index (χ3n) is 4.96. The average molecular weight is 546 g/mol. The average Bonchev–Trinajstić information content (AvgIpc) is 3.26. The molecule has 0 bridgehead atoms. The third-order valence-corrected chi connectivity index (χ3v) is 7.38. The molecule has 15 heteroatoms. The van der Waals surface area contributed by atoms with E-state index in [1.165, 1.54) is 24.3 Å². The van der Waals surface area contributed by atoms with Crippen molar-refractivity contribution in [3.05, 3.63) is 21.8 Å². The number of aromatic nitrogens is 1. The van der Waals surface area contributed by atoms with Crippen LogP contribution in [0, 0.1) is 0 Å². The number of nitrogens with one attached hydrogen (secondary N) is 1. The molecule has 2 aliphatic heterocycles. The summed E-state index contributed by atoms with van der Waals surface area (Å²) in [4.78, 5) is 59.8. The molecule has 3 rings (SSSR count). The summed E-state index contributed by atoms with van der Waals surface area (Å²) in [5.41, 5.74) is 5.52. The molecule has 0 spiro atoms. The fraction of sp³-hybridized carbons (Fsp3) is 0.500. The number of ether oxygens (including phenoxy) is 2. The second-order valence-electron chi connectivity index (χ2n) is 7.33. The number of anilines is 1. The third kappa shape index (κ3) is 6.24. The Bertz CT molecular complexity index is 1060. The van der Waals surface area contributed by atoms with Gasteiger partial charge >= 0.3 is 11.9 Å². The molecule has 1 aromatic rings. The zero-order valence-electron chi connectivity index (χ0n) is 18.9. The number of carbonyl (C=O) groups excluding carboxylic acids is 4. The molecule has 12 nitrogen and oxygen atoms in total. The van der Waals surface area contributed by atoms with Gasteiger partial charge in [0.1, 0.15) is 29.9 Å². The summed E-state index contributed by atoms with van der Waals surface area (Å²) in [6.07, 6.45) is 2.75. The fourth-order valence-corrected chi connectivity index (χ4v) is 5.38. The van der Waals surface area contributed by atoms with E-state index < -0.39 is 42.0 Å². The first-order valence-corrected chi connectivity index (χ1v) is 12.9. The summed E-state index contributed by atoms with van der Waals surface area (Å²) < 4.78 is 9.91. The first kappa shape index (κ1) is 26.8. The Kier molecular flexibility index (Phi) is 9.34. The molecular weight excluding hydrogens is 522 g/mol. The molecule has 1 aromatic heterocycles. The van der Waals surface area contributed by atoms with E-state index in [2.05, 4.69) is 15.5 Å². The van der Waals surface area contributed by atoms with E-state index >= 15 is 0 Å². The van der Waals surface area contributed by atoms with Crippen molar-refractivity contribution in [2.45, 2.75) is 44.0 Å². The number of nitrogen functional groups attached to an aromatic ring is 1. The minimum Gasteiger partial charge on any atom is -0.428 e. The SMILES string of the molecule is CCCCCC(=O)OCOC(=O)C1=C(Cl)CS[C@@H]2C(NC(=O)C(=NOC)c3csc(N)n3)C(=O)N12. The van der Waals surface area contributed by atoms with Crippen molar-refractivity contribution in [2.75, 3.05) is 25.4 Å². The van der Waals surface area contributed by atoms with Gasteiger partial charge in [0.15, 0.2) is 10.8 Å². The van der Waals surface area contributed by atoms with E-state index in [0.29, 0.717) is 6.42 Å². The molecular formula is C20H24ClN5O7S2. The van der Waals surface area contributed by atoms with Crippen LogP contribution < -0.4 is 11.1 Å². The van der Waals surface area contributed by atoms with Crippen molar-refractivity contribution < 1.29 is 33.5 Å². The maximum Gasteiger partial charge on any atom is 0.359 e. The Hall–Kier alpha value is -2.84. The second kappa shape index (κ2) is 12.2. The monoisotopic (exact) mass is 545 g/mol. The largest absolute Gasteiger partial charge is 0.428 e. The number of fused-ring (bicyclic) bond motifs is 1. The molecule has 1 unspecified atom stereocenters. The lowest BCUT2D eigenvalue weighted by Gasteiger charge is -2.48. The van der Waals surface area contributed by atoms with E-state index in [4.69, 9.17) is 31.6 Å². The zero-order chi connectivity index (χ0) is 25.5. The number of β-lactam (4-membered cyclic amide) rings is 1. The quantitative estimate of drug-likeness (QED) is 0.104. The molecule has 2 aliphatic rings. The summed E-state index contributed by atoms with van der Waals surface area (Å²) in [5.74, 6) is -2.44. The van der Waals surface area contributed by atoms with Gasteiger partial charge in [0.05, 0.1) is 5.03 Å². The van der Waals surface area contributed by atoms with Crippen molar-refractivity contribution in [3.8, 4) is 0 Å². The molecule has 1 saturated heterocycles. The number of rotatable bonds is 11. The van der Waals surface area contributed by atoms with Gasteiger partial charge in [0.25, 0.3) is 11.8 Å². The Morgan fingerprint density at radius 2 is 2.11 bits per heavy atom. The van der Waals surface area contributed by atoms with Gasteiger partial charge in [-0.1, -0.05) is 36.5 Å². The van der Waals surface area contributed by atoms with Crippen LogP contribution in [0.2, 0.25) is 0 Å². The molecule has 3 heterocycles. The van der Waals surface area contributed by atoms with Crippen LogP contribution in [0.3, 0.4) is 0 Å². The van der Waals surface area contributed by atoms with Gasteiger partial charge in [-0.15, -0.1) is 23.1 Å². The highest BCUT2D eigenvalue weighted by atomic mass is 35.5. The van der Waals surface area contributed by atoms with Gasteiger partial charge in [0, 0.05) is 17.6 Å². The van der Waals surface area contributed by atoms with Crippen molar-refractivity contribution >= 4 is 69.3 Å². The topological polar surface area (TPSA) is 163 Å². The number of nitrogens with zero attached hydrogens (tertiary/aromatic N) is 3. The first-order chi connectivity index (χ1) is 16.8. The number of halogens is 1. The van der Waals surface area contributed by atoms with Gasteiger partial charge in [-0.05, 0) is 6.42 Å². The Balaban J connectivity index is 1.60. The molecule has 0 aromatic carbocycles. The number of oxime groups is 1. The number of unbranched alkanes of at least 4 members (excludes halogenated alkanes) is 2. The van der Waals surface area contributed by atoms with Gasteiger partial charge in [0.2, 0.25) is 6.79 Å². The van der Waals surface area contributed by atoms with Crippen LogP contribution >= 0.6 is 34.7 Å². The van der Waals surface area contributed by atoms with Crippen molar-refractivity contribution in [1.29, 1.82) is 0 Å². The summed E-state index contributed by atoms with van der Waals surface area (Å²) in [6.45, 7) is 1.42. The minimum atomic E-state index is -0.950. The predicted octanol–water partition coefficient (Wildman–Crippen LogP) is 1.55. The standard InChI is InChI=1S/C20H24ClN5O7S2/c1-3-4-5-6-12(27)32-9-33-19(30)15-10(21)7-34-18-14(17(29)26(15)18)24-16(28)13(25-31-2)11-8-35-20(22)23-11/h8,14,18H,3-7,9H2,1-2H3,(H2,22,23)(H,24,28)/t14?,18-/m1/s1. The molecule has 1 fully saturated rings. The molecule has 3 N–H and O–H groups in total. The number of carbonyl (C=O) groups is 4. The number of amides is 2. The maximum atomic E-state index is 12.8. The van der Waals surface area contributed by atoms with Crippen molar-refractivity contribution in [3.63, 3.8) is 0 Å². The lowest BCUT2D eigenvalue weighted by molar-refractivity contribution is -0.168. The lowest BCUT2D eigenvalue weighted by Crippen LogP contribution is -2.71. The Morgan fingerprint density at radius 1 is 1.34 bits per heavy atom. The number of hydrogen-bond donors (Lipinski definition) is 2. The smallest absolute Gasteiger partial charge is 0.359 e. The van der Waals surface area contributed by atoms with E-state index in [1.54, 1.807) is 0 Å². The van der Waals surface area contributed by atoms with Crippen LogP contribution in [0.4, 0.5) is 5.13 Å². The van der Waals surface area contributed by atoms with Crippen LogP contribution in [0.1, 0.15) is 38.3 Å². The highest BCUT2D eigenvalue weighted by molar-refractivity contribution is 8.00. The van der Waals surface area contributed by atoms with Crippen molar-refractivity contribution in [1.82, 2.24) is 15.2 Å². The molecule has 35 heavy (non-hydrogen) atoms. The van der Waals surface area contributed by atoms with E-state index in [1.807, 2.05) is 6.92 Å². The molecule has 2 amide bonds. The van der Waals surface area contributed by atoms with E-state index in [0.717, 1.165) is 29.1 Å². The minimum absolute atomic E-state index is 0.114. The number of thioether (sulfide) groups is 1. The van der Waals surface area contributed by atoms with Gasteiger partial charge in [-0.25, -0.2) is 9.78 Å². The van der Waals surface area contributed by atoms with Gasteiger partial charge < -0.3 is 25.4 Å². The maximum absolute atomic E-state index is 12.8. The van der Waals surface area contributed by atoms with Crippen LogP contribution in [-0.2, 0) is 33.5 Å². The summed E-state index contributed by atoms with van der Waals surface area (Å²) in [7, 11) is 1.27. The first-order valence-electron chi connectivity index (χ1n) is 10.6. The Labute approximate surface area is 214 Å². The lowest BCUT2D eigenvalue weighted by atomic mass is 10.0. The summed E-state index contributed by atoms with van der Waals surface area (Å²) in [5, 5.41) is 7.56. The van der Waals surface area contributed by atoms with Crippen LogP contribution in [-0.4, -0.2) is 70.4 Å². The van der Waals surface area contributed by atoms with Crippen LogP contribution in [0.25, 0.3) is 0 Å². The van der Waals surface area contributed by atoms with Crippen LogP contribution in [0.15, 0.2) is 21.3 Å². The molecule has 0 radical (unpaired) electrons. The van der Waals surface area contributed by atoms with Crippen LogP contribution in [0.5, 0.6) is 0 Å². The number of hydrogen-bond acceptors (Lipinski definition) is 12. The molecule has 0 aliphatic carbocycles. The number of esters is 2. The fourth-order valence-electron chi connectivity index (χ4n) is 3.28. The molecule has 2 atom stereocenters. The van der Waals surface area contributed by atoms with Crippen molar-refractivity contribution in [2.24, 2.45) is 5.16 Å². The second-order valence-corrected chi connectivity index (χ2v) is 9.78. The Morgan fingerprint density at radius 3 is 2.77 bits per heavy atom. The summed E-state index contributed by atoms with van der Waals surface area (Å²) >= 11 is 8.59.